The van der Waals surface area contributed by atoms with Crippen LogP contribution in [-0.2, 0) is 9.53 Å². The Bertz CT molecular complexity index is 2060. The fraction of sp³-hybridized carbons (Fsp3) is 0.346. The lowest BCUT2D eigenvalue weighted by molar-refractivity contribution is -0.144. The summed E-state index contributed by atoms with van der Waals surface area (Å²) >= 11 is 0. The highest BCUT2D eigenvalue weighted by Gasteiger charge is 2.18. The molecule has 6 rings (SSSR count). The van der Waals surface area contributed by atoms with E-state index in [1.54, 1.807) is 12.1 Å². The van der Waals surface area contributed by atoms with Gasteiger partial charge in [0.1, 0.15) is 11.5 Å². The van der Waals surface area contributed by atoms with E-state index >= 15 is 0 Å². The molecule has 60 heavy (non-hydrogen) atoms. The fourth-order valence-electron chi connectivity index (χ4n) is 6.64. The lowest BCUT2D eigenvalue weighted by Gasteiger charge is -2.13. The smallest absolute Gasteiger partial charge is 0.344 e. The van der Waals surface area contributed by atoms with E-state index in [1.807, 2.05) is 84.9 Å². The van der Waals surface area contributed by atoms with E-state index < -0.39 is 12.1 Å². The summed E-state index contributed by atoms with van der Waals surface area (Å²) in [6.45, 7) is 12.6. The molecule has 314 valence electrons. The first-order valence-electron chi connectivity index (χ1n) is 21.5. The van der Waals surface area contributed by atoms with Crippen LogP contribution >= 0.6 is 0 Å². The first kappa shape index (κ1) is 45.2. The maximum Gasteiger partial charge on any atom is 0.344 e. The molecule has 8 heteroatoms. The van der Waals surface area contributed by atoms with E-state index in [2.05, 4.69) is 52.0 Å². The highest BCUT2D eigenvalue weighted by Crippen LogP contribution is 2.34. The topological polar surface area (TPSA) is 115 Å². The lowest BCUT2D eigenvalue weighted by Crippen LogP contribution is -2.22. The van der Waals surface area contributed by atoms with Gasteiger partial charge in [0.05, 0.1) is 5.56 Å². The number of aromatic nitrogens is 3. The molecule has 0 aliphatic carbocycles. The number of unbranched alkanes of at least 4 members (excludes halogenated alkanes) is 4. The maximum atomic E-state index is 11.2. The first-order valence-corrected chi connectivity index (χ1v) is 21.5. The number of aliphatic carboxylic acids is 1. The van der Waals surface area contributed by atoms with Crippen LogP contribution in [0.5, 0.6) is 11.5 Å². The molecule has 1 atom stereocenters. The number of phenols is 1. The molecule has 0 aliphatic rings. The van der Waals surface area contributed by atoms with Crippen molar-refractivity contribution in [2.45, 2.75) is 92.1 Å². The summed E-state index contributed by atoms with van der Waals surface area (Å²) in [5.74, 6) is 1.86. The quantitative estimate of drug-likeness (QED) is 0.0733. The van der Waals surface area contributed by atoms with Crippen molar-refractivity contribution in [1.82, 2.24) is 15.0 Å². The number of benzene rings is 5. The predicted octanol–water partition coefficient (Wildman–Crippen LogP) is 13.2. The third-order valence-corrected chi connectivity index (χ3v) is 10.1. The van der Waals surface area contributed by atoms with Gasteiger partial charge in [0.2, 0.25) is 0 Å². The van der Waals surface area contributed by atoms with Crippen molar-refractivity contribution in [2.24, 2.45) is 11.8 Å². The summed E-state index contributed by atoms with van der Waals surface area (Å²) < 4.78 is 11.1. The van der Waals surface area contributed by atoms with Gasteiger partial charge in [-0.25, -0.2) is 19.7 Å². The van der Waals surface area contributed by atoms with Crippen molar-refractivity contribution < 1.29 is 24.5 Å². The Balaban J connectivity index is 0.000000341. The number of aromatic hydroxyl groups is 1. The summed E-state index contributed by atoms with van der Waals surface area (Å²) in [5.41, 5.74) is 6.30. The van der Waals surface area contributed by atoms with Crippen LogP contribution in [0.4, 0.5) is 0 Å². The lowest BCUT2D eigenvalue weighted by atomic mass is 10.0. The van der Waals surface area contributed by atoms with Crippen molar-refractivity contribution >= 4 is 5.97 Å². The minimum Gasteiger partial charge on any atom is -0.507 e. The largest absolute Gasteiger partial charge is 0.507 e. The number of nitrogens with zero attached hydrogens (tertiary/aromatic N) is 3. The Morgan fingerprint density at radius 3 is 1.35 bits per heavy atom. The molecule has 0 bridgehead atoms. The molecule has 0 saturated heterocycles. The van der Waals surface area contributed by atoms with Gasteiger partial charge in [0.15, 0.2) is 23.6 Å². The van der Waals surface area contributed by atoms with Gasteiger partial charge in [-0.15, -0.1) is 0 Å². The molecule has 8 nitrogen and oxygen atoms in total. The highest BCUT2D eigenvalue weighted by molar-refractivity contribution is 5.74. The van der Waals surface area contributed by atoms with Crippen molar-refractivity contribution in [3.63, 3.8) is 0 Å². The minimum atomic E-state index is -1.10. The van der Waals surface area contributed by atoms with E-state index in [9.17, 15) is 15.0 Å². The Labute approximate surface area is 356 Å². The zero-order valence-electron chi connectivity index (χ0n) is 35.9. The molecular formula is C52H61N3O5. The number of hydrogen-bond acceptors (Lipinski definition) is 7. The average Bonchev–Trinajstić information content (AvgIpc) is 3.26. The summed E-state index contributed by atoms with van der Waals surface area (Å²) in [6, 6.07) is 40.7. The SMILES string of the molecule is CC(C)CCCCCOCCCCCC(C)C.CC(Oc1ccc(-c2nc(-c3ccc(-c4ccccc4)cc3)nc(-c3ccc(-c4ccccc4)cc3)n2)c(O)c1)C(=O)O. The van der Waals surface area contributed by atoms with Gasteiger partial charge in [-0.2, -0.15) is 0 Å². The van der Waals surface area contributed by atoms with Gasteiger partial charge in [-0.3, -0.25) is 0 Å². The molecule has 2 N–H and O–H groups in total. The maximum absolute atomic E-state index is 11.2. The monoisotopic (exact) mass is 807 g/mol. The number of phenolic OH excluding ortho intramolecular Hbond substituents is 1. The molecular weight excluding hydrogens is 747 g/mol. The molecule has 0 aliphatic heterocycles. The normalized spacial score (nSPS) is 11.6. The Morgan fingerprint density at radius 2 is 0.933 bits per heavy atom. The number of carboxylic acid groups (broad SMARTS) is 1. The molecule has 0 amide bonds. The molecule has 5 aromatic carbocycles. The van der Waals surface area contributed by atoms with Gasteiger partial charge in [-0.1, -0.05) is 175 Å². The van der Waals surface area contributed by atoms with Gasteiger partial charge in [-0.05, 0) is 66.0 Å². The third kappa shape index (κ3) is 14.5. The molecule has 6 aromatic rings. The van der Waals surface area contributed by atoms with E-state index in [-0.39, 0.29) is 17.3 Å². The first-order chi connectivity index (χ1) is 29.1. The van der Waals surface area contributed by atoms with Crippen LogP contribution in [0.3, 0.4) is 0 Å². The van der Waals surface area contributed by atoms with E-state index in [0.717, 1.165) is 58.4 Å². The van der Waals surface area contributed by atoms with Gasteiger partial charge in [0.25, 0.3) is 0 Å². The average molecular weight is 808 g/mol. The summed E-state index contributed by atoms with van der Waals surface area (Å²) in [5, 5.41) is 20.1. The number of rotatable bonds is 20. The minimum absolute atomic E-state index is 0.142. The van der Waals surface area contributed by atoms with Gasteiger partial charge < -0.3 is 19.7 Å². The van der Waals surface area contributed by atoms with Crippen LogP contribution in [0.2, 0.25) is 0 Å². The number of carbonyl (C=O) groups is 1. The molecule has 1 aromatic heterocycles. The van der Waals surface area contributed by atoms with Crippen molar-refractivity contribution in [2.75, 3.05) is 13.2 Å². The van der Waals surface area contributed by atoms with E-state index in [0.29, 0.717) is 17.2 Å². The number of ether oxygens (including phenoxy) is 2. The van der Waals surface area contributed by atoms with Gasteiger partial charge >= 0.3 is 5.97 Å². The summed E-state index contributed by atoms with van der Waals surface area (Å²) in [4.78, 5) is 25.5. The van der Waals surface area contributed by atoms with E-state index in [4.69, 9.17) is 24.4 Å². The standard InChI is InChI=1S/C36H27N3O4.C16H34O/c1-23(36(41)42)43-30-20-21-31(32(40)22-30)35-38-33(28-16-12-26(13-17-28)24-8-4-2-5-9-24)37-34(39-35)29-18-14-27(15-19-29)25-10-6-3-7-11-25;1-15(2)11-7-5-9-13-17-14-10-6-8-12-16(3)4/h2-23,40H,1H3,(H,41,42);15-16H,5-14H2,1-4H3. The van der Waals surface area contributed by atoms with E-state index in [1.165, 1.54) is 64.4 Å². The number of carboxylic acids is 1. The van der Waals surface area contributed by atoms with Crippen LogP contribution in [0.1, 0.15) is 86.0 Å². The van der Waals surface area contributed by atoms with Crippen molar-refractivity contribution in [1.29, 1.82) is 0 Å². The van der Waals surface area contributed by atoms with Gasteiger partial charge in [0, 0.05) is 30.4 Å². The molecule has 0 fully saturated rings. The Morgan fingerprint density at radius 1 is 0.517 bits per heavy atom. The third-order valence-electron chi connectivity index (χ3n) is 10.1. The zero-order chi connectivity index (χ0) is 42.7. The van der Waals surface area contributed by atoms with Crippen LogP contribution in [-0.4, -0.2) is 50.5 Å². The Hall–Kier alpha value is -5.86. The zero-order valence-corrected chi connectivity index (χ0v) is 35.9. The Kier molecular flexibility index (Phi) is 17.8. The molecule has 1 heterocycles. The van der Waals surface area contributed by atoms with Crippen molar-refractivity contribution in [3.05, 3.63) is 127 Å². The second-order valence-electron chi connectivity index (χ2n) is 16.1. The second-order valence-corrected chi connectivity index (χ2v) is 16.1. The van der Waals surface area contributed by atoms with Crippen LogP contribution in [0.15, 0.2) is 127 Å². The number of hydrogen-bond donors (Lipinski definition) is 2. The molecule has 0 radical (unpaired) electrons. The van der Waals surface area contributed by atoms with Crippen LogP contribution in [0, 0.1) is 11.8 Å². The predicted molar refractivity (Wildman–Crippen MR) is 244 cm³/mol. The second kappa shape index (κ2) is 23.7. The fourth-order valence-corrected chi connectivity index (χ4v) is 6.64. The highest BCUT2D eigenvalue weighted by atomic mass is 16.5. The van der Waals surface area contributed by atoms with Crippen LogP contribution in [0.25, 0.3) is 56.4 Å². The molecule has 0 spiro atoms. The van der Waals surface area contributed by atoms with Crippen molar-refractivity contribution in [3.8, 4) is 67.9 Å². The molecule has 1 unspecified atom stereocenters. The molecule has 0 saturated carbocycles. The summed E-state index contributed by atoms with van der Waals surface area (Å²) in [7, 11) is 0. The van der Waals surface area contributed by atoms with Crippen LogP contribution < -0.4 is 4.74 Å². The summed E-state index contributed by atoms with van der Waals surface area (Å²) in [6.07, 6.45) is 9.59.